The normalized spacial score (nSPS) is 10.9. The number of aryl methyl sites for hydroxylation is 1. The van der Waals surface area contributed by atoms with Crippen molar-refractivity contribution in [2.75, 3.05) is 7.11 Å². The van der Waals surface area contributed by atoms with Crippen molar-refractivity contribution in [2.24, 2.45) is 0 Å². The maximum Gasteiger partial charge on any atom is 0.155 e. The Kier molecular flexibility index (Phi) is 2.91. The Morgan fingerprint density at radius 3 is 2.84 bits per heavy atom. The fourth-order valence-corrected chi connectivity index (χ4v) is 2.54. The molecule has 3 nitrogen and oxygen atoms in total. The topological polar surface area (TPSA) is 26.5 Å². The highest BCUT2D eigenvalue weighted by atomic mass is 35.5. The van der Waals surface area contributed by atoms with Crippen LogP contribution in [-0.2, 0) is 0 Å². The third-order valence-electron chi connectivity index (χ3n) is 3.15. The van der Waals surface area contributed by atoms with E-state index in [-0.39, 0.29) is 0 Å². The van der Waals surface area contributed by atoms with E-state index in [1.54, 1.807) is 7.11 Å². The lowest BCUT2D eigenvalue weighted by molar-refractivity contribution is 0.415. The molecule has 3 rings (SSSR count). The maximum atomic E-state index is 6.24. The van der Waals surface area contributed by atoms with Crippen LogP contribution in [0.15, 0.2) is 42.6 Å². The molecule has 0 saturated carbocycles. The SMILES string of the molecule is COc1cccc(-c2nc(Cl)c3c(C)cccn23)c1. The molecule has 19 heavy (non-hydrogen) atoms. The number of fused-ring (bicyclic) bond motifs is 1. The molecular weight excluding hydrogens is 260 g/mol. The van der Waals surface area contributed by atoms with E-state index in [1.807, 2.05) is 53.9 Å². The Hall–Kier alpha value is -2.00. The minimum atomic E-state index is 0.524. The number of hydrogen-bond acceptors (Lipinski definition) is 2. The van der Waals surface area contributed by atoms with Crippen molar-refractivity contribution in [3.63, 3.8) is 0 Å². The molecule has 0 atom stereocenters. The van der Waals surface area contributed by atoms with Gasteiger partial charge in [0.1, 0.15) is 11.6 Å². The van der Waals surface area contributed by atoms with Crippen LogP contribution in [0.25, 0.3) is 16.9 Å². The fourth-order valence-electron chi connectivity index (χ4n) is 2.22. The Morgan fingerprint density at radius 2 is 2.05 bits per heavy atom. The first-order valence-electron chi connectivity index (χ1n) is 5.98. The summed E-state index contributed by atoms with van der Waals surface area (Å²) in [5.41, 5.74) is 3.03. The molecule has 0 saturated heterocycles. The Labute approximate surface area is 116 Å². The first kappa shape index (κ1) is 12.1. The predicted octanol–water partition coefficient (Wildman–Crippen LogP) is 3.97. The molecule has 0 aliphatic carbocycles. The van der Waals surface area contributed by atoms with Gasteiger partial charge in [0, 0.05) is 11.8 Å². The van der Waals surface area contributed by atoms with Crippen molar-refractivity contribution in [3.8, 4) is 17.1 Å². The van der Waals surface area contributed by atoms with Crippen LogP contribution in [0.2, 0.25) is 5.15 Å². The fraction of sp³-hybridized carbons (Fsp3) is 0.133. The second kappa shape index (κ2) is 4.59. The van der Waals surface area contributed by atoms with Crippen molar-refractivity contribution in [1.29, 1.82) is 0 Å². The van der Waals surface area contributed by atoms with E-state index in [4.69, 9.17) is 16.3 Å². The van der Waals surface area contributed by atoms with Gasteiger partial charge in [0.05, 0.1) is 12.6 Å². The summed E-state index contributed by atoms with van der Waals surface area (Å²) in [6.07, 6.45) is 1.97. The highest BCUT2D eigenvalue weighted by molar-refractivity contribution is 6.33. The summed E-state index contributed by atoms with van der Waals surface area (Å²) >= 11 is 6.24. The number of ether oxygens (including phenoxy) is 1. The molecule has 0 fully saturated rings. The summed E-state index contributed by atoms with van der Waals surface area (Å²) in [6.45, 7) is 2.03. The molecule has 3 aromatic rings. The number of rotatable bonds is 2. The highest BCUT2D eigenvalue weighted by Crippen LogP contribution is 2.29. The van der Waals surface area contributed by atoms with E-state index in [2.05, 4.69) is 4.98 Å². The van der Waals surface area contributed by atoms with E-state index < -0.39 is 0 Å². The van der Waals surface area contributed by atoms with Crippen molar-refractivity contribution in [3.05, 3.63) is 53.3 Å². The molecule has 0 bridgehead atoms. The molecule has 2 aromatic heterocycles. The second-order valence-corrected chi connectivity index (χ2v) is 4.73. The number of pyridine rings is 1. The number of hydrogen-bond donors (Lipinski definition) is 0. The molecule has 0 aliphatic heterocycles. The summed E-state index contributed by atoms with van der Waals surface area (Å²) in [7, 11) is 1.65. The third kappa shape index (κ3) is 1.96. The molecule has 0 N–H and O–H groups in total. The number of imidazole rings is 1. The first-order chi connectivity index (χ1) is 9.20. The summed E-state index contributed by atoms with van der Waals surface area (Å²) in [5, 5.41) is 0.524. The van der Waals surface area contributed by atoms with Gasteiger partial charge in [-0.25, -0.2) is 4.98 Å². The molecule has 96 valence electrons. The number of methoxy groups -OCH3 is 1. The minimum absolute atomic E-state index is 0.524. The zero-order valence-electron chi connectivity index (χ0n) is 10.7. The molecular formula is C15H13ClN2O. The number of nitrogens with zero attached hydrogens (tertiary/aromatic N) is 2. The van der Waals surface area contributed by atoms with Gasteiger partial charge >= 0.3 is 0 Å². The molecule has 0 amide bonds. The van der Waals surface area contributed by atoms with E-state index in [9.17, 15) is 0 Å². The van der Waals surface area contributed by atoms with Crippen LogP contribution in [-0.4, -0.2) is 16.5 Å². The number of aromatic nitrogens is 2. The lowest BCUT2D eigenvalue weighted by atomic mass is 10.2. The third-order valence-corrected chi connectivity index (χ3v) is 3.41. The highest BCUT2D eigenvalue weighted by Gasteiger charge is 2.13. The zero-order chi connectivity index (χ0) is 13.4. The van der Waals surface area contributed by atoms with Crippen molar-refractivity contribution < 1.29 is 4.74 Å². The average molecular weight is 273 g/mol. The van der Waals surface area contributed by atoms with Gasteiger partial charge in [-0.1, -0.05) is 29.8 Å². The van der Waals surface area contributed by atoms with E-state index in [0.29, 0.717) is 5.15 Å². The van der Waals surface area contributed by atoms with Gasteiger partial charge in [-0.3, -0.25) is 4.40 Å². The summed E-state index contributed by atoms with van der Waals surface area (Å²) in [5.74, 6) is 1.63. The van der Waals surface area contributed by atoms with Crippen LogP contribution in [0, 0.1) is 6.92 Å². The Bertz CT molecular complexity index is 749. The number of benzene rings is 1. The van der Waals surface area contributed by atoms with E-state index in [0.717, 1.165) is 28.2 Å². The van der Waals surface area contributed by atoms with Crippen LogP contribution >= 0.6 is 11.6 Å². The summed E-state index contributed by atoms with van der Waals surface area (Å²) in [4.78, 5) is 4.47. The minimum Gasteiger partial charge on any atom is -0.497 e. The molecule has 1 aromatic carbocycles. The Balaban J connectivity index is 2.28. The summed E-state index contributed by atoms with van der Waals surface area (Å²) < 4.78 is 7.26. The quantitative estimate of drug-likeness (QED) is 0.706. The van der Waals surface area contributed by atoms with E-state index in [1.165, 1.54) is 0 Å². The Morgan fingerprint density at radius 1 is 1.21 bits per heavy atom. The van der Waals surface area contributed by atoms with Crippen LogP contribution in [0.5, 0.6) is 5.75 Å². The average Bonchev–Trinajstić information content (AvgIpc) is 2.78. The molecule has 2 heterocycles. The largest absolute Gasteiger partial charge is 0.497 e. The van der Waals surface area contributed by atoms with Crippen LogP contribution in [0.1, 0.15) is 5.56 Å². The van der Waals surface area contributed by atoms with Gasteiger partial charge < -0.3 is 4.74 Å². The second-order valence-electron chi connectivity index (χ2n) is 4.37. The monoisotopic (exact) mass is 272 g/mol. The lowest BCUT2D eigenvalue weighted by Crippen LogP contribution is -1.91. The number of halogens is 1. The maximum absolute atomic E-state index is 6.24. The van der Waals surface area contributed by atoms with Gasteiger partial charge in [0.25, 0.3) is 0 Å². The predicted molar refractivity (Wildman–Crippen MR) is 76.9 cm³/mol. The molecule has 0 radical (unpaired) electrons. The van der Waals surface area contributed by atoms with Gasteiger partial charge in [0.2, 0.25) is 0 Å². The van der Waals surface area contributed by atoms with Crippen molar-refractivity contribution in [2.45, 2.75) is 6.92 Å². The van der Waals surface area contributed by atoms with Crippen LogP contribution < -0.4 is 4.74 Å². The van der Waals surface area contributed by atoms with Crippen molar-refractivity contribution >= 4 is 17.1 Å². The van der Waals surface area contributed by atoms with Gasteiger partial charge in [-0.15, -0.1) is 0 Å². The standard InChI is InChI=1S/C15H13ClN2O/c1-10-5-4-8-18-13(10)14(16)17-15(18)11-6-3-7-12(9-11)19-2/h3-9H,1-2H3. The lowest BCUT2D eigenvalue weighted by Gasteiger charge is -2.04. The van der Waals surface area contributed by atoms with Crippen molar-refractivity contribution in [1.82, 2.24) is 9.38 Å². The van der Waals surface area contributed by atoms with Gasteiger partial charge in [0.15, 0.2) is 5.15 Å². The van der Waals surface area contributed by atoms with Crippen LogP contribution in [0.4, 0.5) is 0 Å². The zero-order valence-corrected chi connectivity index (χ0v) is 11.5. The molecule has 0 spiro atoms. The van der Waals surface area contributed by atoms with Crippen LogP contribution in [0.3, 0.4) is 0 Å². The summed E-state index contributed by atoms with van der Waals surface area (Å²) in [6, 6.07) is 11.8. The van der Waals surface area contributed by atoms with Gasteiger partial charge in [-0.2, -0.15) is 0 Å². The molecule has 0 unspecified atom stereocenters. The van der Waals surface area contributed by atoms with E-state index >= 15 is 0 Å². The molecule has 0 aliphatic rings. The first-order valence-corrected chi connectivity index (χ1v) is 6.36. The molecule has 4 heteroatoms. The van der Waals surface area contributed by atoms with Gasteiger partial charge in [-0.05, 0) is 30.7 Å². The smallest absolute Gasteiger partial charge is 0.155 e.